The number of rotatable bonds is 5. The Balaban J connectivity index is 2.76. The van der Waals surface area contributed by atoms with E-state index in [9.17, 15) is 8.42 Å². The van der Waals surface area contributed by atoms with Crippen LogP contribution in [0, 0.1) is 0 Å². The Morgan fingerprint density at radius 3 is 2.73 bits per heavy atom. The number of sulfonamides is 1. The number of hydrogen-bond acceptors (Lipinski definition) is 4. The van der Waals surface area contributed by atoms with Gasteiger partial charge in [0, 0.05) is 11.8 Å². The van der Waals surface area contributed by atoms with Crippen LogP contribution in [-0.4, -0.2) is 26.5 Å². The van der Waals surface area contributed by atoms with Crippen molar-refractivity contribution in [3.8, 4) is 0 Å². The molecule has 0 aromatic carbocycles. The van der Waals surface area contributed by atoms with Crippen LogP contribution < -0.4 is 4.72 Å². The van der Waals surface area contributed by atoms with Gasteiger partial charge in [0.1, 0.15) is 4.21 Å². The van der Waals surface area contributed by atoms with Crippen LogP contribution in [0.5, 0.6) is 0 Å². The fraction of sp³-hybridized carbons (Fsp3) is 0.500. The van der Waals surface area contributed by atoms with Crippen molar-refractivity contribution in [3.63, 3.8) is 0 Å². The quantitative estimate of drug-likeness (QED) is 0.902. The maximum Gasteiger partial charge on any atom is 0.250 e. The van der Waals surface area contributed by atoms with E-state index in [0.29, 0.717) is 4.21 Å². The zero-order valence-electron chi connectivity index (χ0n) is 8.36. The molecule has 1 heterocycles. The second-order valence-corrected chi connectivity index (χ2v) is 8.35. The van der Waals surface area contributed by atoms with Gasteiger partial charge in [0.15, 0.2) is 0 Å². The molecule has 0 bridgehead atoms. The summed E-state index contributed by atoms with van der Waals surface area (Å²) in [6, 6.07) is 3.28. The van der Waals surface area contributed by atoms with Crippen LogP contribution in [0.4, 0.5) is 0 Å². The average molecular weight is 330 g/mol. The van der Waals surface area contributed by atoms with Crippen molar-refractivity contribution in [1.82, 2.24) is 4.72 Å². The SMILES string of the molecule is CSCC(C)NS(=O)(=O)c1ccc(Br)s1. The summed E-state index contributed by atoms with van der Waals surface area (Å²) in [5, 5.41) is 0. The minimum Gasteiger partial charge on any atom is -0.207 e. The van der Waals surface area contributed by atoms with Crippen LogP contribution in [0.1, 0.15) is 6.92 Å². The maximum absolute atomic E-state index is 11.8. The molecule has 3 nitrogen and oxygen atoms in total. The van der Waals surface area contributed by atoms with Gasteiger partial charge in [-0.2, -0.15) is 11.8 Å². The third-order valence-electron chi connectivity index (χ3n) is 1.59. The Bertz CT molecular complexity index is 415. The van der Waals surface area contributed by atoms with Crippen LogP contribution in [0.3, 0.4) is 0 Å². The molecule has 0 fully saturated rings. The van der Waals surface area contributed by atoms with E-state index in [4.69, 9.17) is 0 Å². The lowest BCUT2D eigenvalue weighted by molar-refractivity contribution is 0.573. The van der Waals surface area contributed by atoms with Crippen LogP contribution in [0.15, 0.2) is 20.1 Å². The smallest absolute Gasteiger partial charge is 0.207 e. The van der Waals surface area contributed by atoms with Gasteiger partial charge in [-0.3, -0.25) is 0 Å². The normalized spacial score (nSPS) is 14.1. The van der Waals surface area contributed by atoms with E-state index < -0.39 is 10.0 Å². The van der Waals surface area contributed by atoms with Crippen molar-refractivity contribution in [3.05, 3.63) is 15.9 Å². The molecule has 0 amide bonds. The molecule has 0 saturated carbocycles. The molecule has 1 aromatic heterocycles. The van der Waals surface area contributed by atoms with Crippen molar-refractivity contribution >= 4 is 49.1 Å². The number of thioether (sulfide) groups is 1. The van der Waals surface area contributed by atoms with Crippen molar-refractivity contribution in [2.24, 2.45) is 0 Å². The van der Waals surface area contributed by atoms with E-state index in [2.05, 4.69) is 20.7 Å². The molecule has 1 N–H and O–H groups in total. The molecule has 1 atom stereocenters. The Kier molecular flexibility index (Phi) is 5.11. The van der Waals surface area contributed by atoms with Gasteiger partial charge in [0.05, 0.1) is 3.79 Å². The summed E-state index contributed by atoms with van der Waals surface area (Å²) in [6.07, 6.45) is 1.95. The maximum atomic E-state index is 11.8. The van der Waals surface area contributed by atoms with E-state index in [1.807, 2.05) is 13.2 Å². The Hall–Kier alpha value is 0.440. The van der Waals surface area contributed by atoms with Gasteiger partial charge in [-0.15, -0.1) is 11.3 Å². The van der Waals surface area contributed by atoms with Gasteiger partial charge in [-0.1, -0.05) is 0 Å². The summed E-state index contributed by atoms with van der Waals surface area (Å²) >= 11 is 6.08. The minimum atomic E-state index is -3.34. The summed E-state index contributed by atoms with van der Waals surface area (Å²) < 4.78 is 27.4. The number of halogens is 1. The highest BCUT2D eigenvalue weighted by Gasteiger charge is 2.18. The molecule has 0 radical (unpaired) electrons. The monoisotopic (exact) mass is 329 g/mol. The summed E-state index contributed by atoms with van der Waals surface area (Å²) in [5.74, 6) is 0.770. The highest BCUT2D eigenvalue weighted by atomic mass is 79.9. The Labute approximate surface area is 107 Å². The molecule has 0 aliphatic carbocycles. The van der Waals surface area contributed by atoms with Gasteiger partial charge in [-0.25, -0.2) is 13.1 Å². The third kappa shape index (κ3) is 4.07. The number of nitrogens with one attached hydrogen (secondary N) is 1. The average Bonchev–Trinajstić information content (AvgIpc) is 2.51. The second kappa shape index (κ2) is 5.67. The first-order chi connectivity index (χ1) is 6.95. The molecular weight excluding hydrogens is 318 g/mol. The number of thiophene rings is 1. The highest BCUT2D eigenvalue weighted by molar-refractivity contribution is 9.11. The van der Waals surface area contributed by atoms with E-state index in [1.165, 1.54) is 11.3 Å². The molecule has 0 aliphatic rings. The van der Waals surface area contributed by atoms with Crippen molar-refractivity contribution < 1.29 is 8.42 Å². The standard InChI is InChI=1S/C8H12BrNO2S3/c1-6(5-13-2)10-15(11,12)8-4-3-7(9)14-8/h3-4,6,10H,5H2,1-2H3. The van der Waals surface area contributed by atoms with Crippen LogP contribution >= 0.6 is 39.0 Å². The number of hydrogen-bond donors (Lipinski definition) is 1. The third-order valence-corrected chi connectivity index (χ3v) is 6.12. The lowest BCUT2D eigenvalue weighted by Gasteiger charge is -2.11. The van der Waals surface area contributed by atoms with Gasteiger partial charge < -0.3 is 0 Å². The molecule has 1 rings (SSSR count). The lowest BCUT2D eigenvalue weighted by atomic mass is 10.4. The zero-order chi connectivity index (χ0) is 11.5. The summed E-state index contributed by atoms with van der Waals surface area (Å²) in [4.78, 5) is 0. The molecule has 1 unspecified atom stereocenters. The Morgan fingerprint density at radius 1 is 1.60 bits per heavy atom. The molecule has 7 heteroatoms. The van der Waals surface area contributed by atoms with Crippen molar-refractivity contribution in [2.75, 3.05) is 12.0 Å². The molecule has 86 valence electrons. The lowest BCUT2D eigenvalue weighted by Crippen LogP contribution is -2.33. The topological polar surface area (TPSA) is 46.2 Å². The molecule has 15 heavy (non-hydrogen) atoms. The first kappa shape index (κ1) is 13.5. The largest absolute Gasteiger partial charge is 0.250 e. The van der Waals surface area contributed by atoms with E-state index in [-0.39, 0.29) is 6.04 Å². The van der Waals surface area contributed by atoms with Crippen molar-refractivity contribution in [1.29, 1.82) is 0 Å². The Morgan fingerprint density at radius 2 is 2.27 bits per heavy atom. The fourth-order valence-electron chi connectivity index (χ4n) is 1.05. The van der Waals surface area contributed by atoms with Gasteiger partial charge >= 0.3 is 0 Å². The summed E-state index contributed by atoms with van der Waals surface area (Å²) in [5.41, 5.74) is 0. The second-order valence-electron chi connectivity index (χ2n) is 3.04. The van der Waals surface area contributed by atoms with Crippen LogP contribution in [0.25, 0.3) is 0 Å². The van der Waals surface area contributed by atoms with Crippen molar-refractivity contribution in [2.45, 2.75) is 17.2 Å². The van der Waals surface area contributed by atoms with E-state index in [0.717, 1.165) is 9.54 Å². The molecule has 0 saturated heterocycles. The minimum absolute atomic E-state index is 0.0501. The summed E-state index contributed by atoms with van der Waals surface area (Å²) in [6.45, 7) is 1.86. The highest BCUT2D eigenvalue weighted by Crippen LogP contribution is 2.25. The molecule has 0 aliphatic heterocycles. The van der Waals surface area contributed by atoms with Gasteiger partial charge in [0.2, 0.25) is 10.0 Å². The van der Waals surface area contributed by atoms with E-state index >= 15 is 0 Å². The molecular formula is C8H12BrNO2S3. The van der Waals surface area contributed by atoms with Gasteiger partial charge in [-0.05, 0) is 41.2 Å². The van der Waals surface area contributed by atoms with Gasteiger partial charge in [0.25, 0.3) is 0 Å². The predicted octanol–water partition coefficient (Wildman–Crippen LogP) is 2.54. The zero-order valence-corrected chi connectivity index (χ0v) is 12.4. The molecule has 1 aromatic rings. The van der Waals surface area contributed by atoms with Crippen LogP contribution in [0.2, 0.25) is 0 Å². The first-order valence-electron chi connectivity index (χ1n) is 4.22. The molecule has 0 spiro atoms. The van der Waals surface area contributed by atoms with Crippen LogP contribution in [-0.2, 0) is 10.0 Å². The first-order valence-corrected chi connectivity index (χ1v) is 8.71. The predicted molar refractivity (Wildman–Crippen MR) is 70.2 cm³/mol. The fourth-order valence-corrected chi connectivity index (χ4v) is 5.01. The summed E-state index contributed by atoms with van der Waals surface area (Å²) in [7, 11) is -3.34. The van der Waals surface area contributed by atoms with E-state index in [1.54, 1.807) is 23.9 Å².